The number of amides is 1. The van der Waals surface area contributed by atoms with Crippen LogP contribution in [0.5, 0.6) is 0 Å². The maximum atomic E-state index is 11.6. The van der Waals surface area contributed by atoms with Crippen LogP contribution >= 0.6 is 0 Å². The number of carboxylic acids is 1. The molecule has 0 aromatic heterocycles. The molecule has 0 saturated carbocycles. The van der Waals surface area contributed by atoms with E-state index < -0.39 is 17.6 Å². The summed E-state index contributed by atoms with van der Waals surface area (Å²) >= 11 is 0. The molecule has 0 aliphatic carbocycles. The molecule has 0 aromatic rings. The van der Waals surface area contributed by atoms with E-state index in [1.54, 1.807) is 0 Å². The Morgan fingerprint density at radius 1 is 1.11 bits per heavy atom. The Morgan fingerprint density at radius 3 is 2.06 bits per heavy atom. The third-order valence-electron chi connectivity index (χ3n) is 2.84. The summed E-state index contributed by atoms with van der Waals surface area (Å²) in [5.41, 5.74) is -1.19. The molecule has 2 N–H and O–H groups in total. The van der Waals surface area contributed by atoms with E-state index in [1.807, 2.05) is 20.8 Å². The molecule has 106 valence electrons. The van der Waals surface area contributed by atoms with Gasteiger partial charge in [-0.25, -0.2) is 9.59 Å². The van der Waals surface area contributed by atoms with Crippen LogP contribution in [-0.2, 0) is 9.53 Å². The van der Waals surface area contributed by atoms with E-state index >= 15 is 0 Å². The van der Waals surface area contributed by atoms with Gasteiger partial charge in [-0.3, -0.25) is 0 Å². The van der Waals surface area contributed by atoms with Gasteiger partial charge in [-0.2, -0.15) is 0 Å². The number of ether oxygens (including phenoxy) is 1. The zero-order chi connectivity index (χ0) is 14.0. The van der Waals surface area contributed by atoms with E-state index in [-0.39, 0.29) is 0 Å². The van der Waals surface area contributed by atoms with E-state index in [2.05, 4.69) is 5.32 Å². The van der Waals surface area contributed by atoms with Crippen molar-refractivity contribution in [3.63, 3.8) is 0 Å². The predicted octanol–water partition coefficient (Wildman–Crippen LogP) is 2.94. The molecule has 0 rings (SSSR count). The van der Waals surface area contributed by atoms with E-state index in [9.17, 15) is 14.7 Å². The molecule has 0 aliphatic rings. The van der Waals surface area contributed by atoms with Gasteiger partial charge >= 0.3 is 12.1 Å². The van der Waals surface area contributed by atoms with Gasteiger partial charge in [-0.1, -0.05) is 40.0 Å². The van der Waals surface area contributed by atoms with Crippen LogP contribution < -0.4 is 5.32 Å². The van der Waals surface area contributed by atoms with Crippen molar-refractivity contribution in [1.82, 2.24) is 5.32 Å². The van der Waals surface area contributed by atoms with Crippen molar-refractivity contribution in [2.24, 2.45) is 0 Å². The van der Waals surface area contributed by atoms with Gasteiger partial charge in [0, 0.05) is 0 Å². The third kappa shape index (κ3) is 5.38. The second-order valence-corrected chi connectivity index (χ2v) is 4.50. The number of aliphatic carboxylic acids is 1. The molecule has 0 aromatic carbocycles. The quantitative estimate of drug-likeness (QED) is 0.624. The van der Waals surface area contributed by atoms with Crippen LogP contribution in [0.1, 0.15) is 59.3 Å². The second-order valence-electron chi connectivity index (χ2n) is 4.50. The monoisotopic (exact) mass is 259 g/mol. The first-order valence-electron chi connectivity index (χ1n) is 6.70. The molecule has 0 saturated heterocycles. The van der Waals surface area contributed by atoms with Crippen LogP contribution in [-0.4, -0.2) is 29.3 Å². The number of nitrogens with one attached hydrogen (secondary N) is 1. The van der Waals surface area contributed by atoms with Crippen molar-refractivity contribution in [2.75, 3.05) is 6.61 Å². The van der Waals surface area contributed by atoms with Crippen molar-refractivity contribution in [2.45, 2.75) is 64.8 Å². The Kier molecular flexibility index (Phi) is 8.16. The lowest BCUT2D eigenvalue weighted by Crippen LogP contribution is -2.54. The zero-order valence-corrected chi connectivity index (χ0v) is 11.6. The summed E-state index contributed by atoms with van der Waals surface area (Å²) in [7, 11) is 0. The minimum absolute atomic E-state index is 0.330. The lowest BCUT2D eigenvalue weighted by Gasteiger charge is -2.29. The first-order valence-corrected chi connectivity index (χ1v) is 6.70. The van der Waals surface area contributed by atoms with Gasteiger partial charge in [-0.15, -0.1) is 0 Å². The van der Waals surface area contributed by atoms with Gasteiger partial charge < -0.3 is 15.2 Å². The minimum atomic E-state index is -1.19. The molecule has 0 heterocycles. The van der Waals surface area contributed by atoms with Crippen molar-refractivity contribution < 1.29 is 19.4 Å². The number of carbonyl (C=O) groups is 2. The number of hydrogen-bond donors (Lipinski definition) is 2. The zero-order valence-electron chi connectivity index (χ0n) is 11.6. The molecule has 1 amide bonds. The summed E-state index contributed by atoms with van der Waals surface area (Å²) in [6.07, 6.45) is 3.31. The standard InChI is InChI=1S/C13H25NO4/c1-4-7-10-18-12(17)14-13(8-5-2,9-6-3)11(15)16/h4-10H2,1-3H3,(H,14,17)(H,15,16). The molecular weight excluding hydrogens is 234 g/mol. The Balaban J connectivity index is 4.55. The summed E-state index contributed by atoms with van der Waals surface area (Å²) in [6, 6.07) is 0. The fourth-order valence-corrected chi connectivity index (χ4v) is 1.91. The van der Waals surface area contributed by atoms with Gasteiger partial charge in [0.2, 0.25) is 0 Å². The molecule has 0 spiro atoms. The topological polar surface area (TPSA) is 75.6 Å². The molecule has 5 heteroatoms. The van der Waals surface area contributed by atoms with E-state index in [0.29, 0.717) is 32.3 Å². The molecule has 0 fully saturated rings. The van der Waals surface area contributed by atoms with E-state index in [0.717, 1.165) is 12.8 Å². The summed E-state index contributed by atoms with van der Waals surface area (Å²) < 4.78 is 4.97. The summed E-state index contributed by atoms with van der Waals surface area (Å²) in [5, 5.41) is 11.9. The normalized spacial score (nSPS) is 11.1. The number of alkyl carbamates (subject to hydrolysis) is 1. The number of carbonyl (C=O) groups excluding carboxylic acids is 1. The van der Waals surface area contributed by atoms with Crippen LogP contribution in [0.4, 0.5) is 4.79 Å². The smallest absolute Gasteiger partial charge is 0.408 e. The van der Waals surface area contributed by atoms with Crippen molar-refractivity contribution >= 4 is 12.1 Å². The number of hydrogen-bond acceptors (Lipinski definition) is 3. The lowest BCUT2D eigenvalue weighted by molar-refractivity contribution is -0.145. The number of rotatable bonds is 9. The molecule has 0 bridgehead atoms. The minimum Gasteiger partial charge on any atom is -0.480 e. The fraction of sp³-hybridized carbons (Fsp3) is 0.846. The Bertz CT molecular complexity index is 260. The van der Waals surface area contributed by atoms with E-state index in [4.69, 9.17) is 4.74 Å². The highest BCUT2D eigenvalue weighted by atomic mass is 16.5. The highest BCUT2D eigenvalue weighted by Crippen LogP contribution is 2.20. The molecule has 0 radical (unpaired) electrons. The van der Waals surface area contributed by atoms with Gasteiger partial charge in [0.15, 0.2) is 0 Å². The van der Waals surface area contributed by atoms with E-state index in [1.165, 1.54) is 0 Å². The summed E-state index contributed by atoms with van der Waals surface area (Å²) in [6.45, 7) is 6.13. The van der Waals surface area contributed by atoms with Crippen LogP contribution in [0.15, 0.2) is 0 Å². The maximum Gasteiger partial charge on any atom is 0.408 e. The molecule has 0 atom stereocenters. The predicted molar refractivity (Wildman–Crippen MR) is 69.6 cm³/mol. The Hall–Kier alpha value is -1.26. The van der Waals surface area contributed by atoms with Gasteiger partial charge in [0.1, 0.15) is 5.54 Å². The van der Waals surface area contributed by atoms with Crippen LogP contribution in [0.2, 0.25) is 0 Å². The largest absolute Gasteiger partial charge is 0.480 e. The van der Waals surface area contributed by atoms with Crippen LogP contribution in [0.25, 0.3) is 0 Å². The highest BCUT2D eigenvalue weighted by Gasteiger charge is 2.38. The van der Waals surface area contributed by atoms with Gasteiger partial charge in [0.05, 0.1) is 6.61 Å². The van der Waals surface area contributed by atoms with Crippen molar-refractivity contribution in [3.05, 3.63) is 0 Å². The molecule has 18 heavy (non-hydrogen) atoms. The maximum absolute atomic E-state index is 11.6. The van der Waals surface area contributed by atoms with Crippen LogP contribution in [0, 0.1) is 0 Å². The molecule has 5 nitrogen and oxygen atoms in total. The highest BCUT2D eigenvalue weighted by molar-refractivity contribution is 5.84. The summed E-state index contributed by atoms with van der Waals surface area (Å²) in [5.74, 6) is -0.987. The Morgan fingerprint density at radius 2 is 1.67 bits per heavy atom. The SMILES string of the molecule is CCCCOC(=O)NC(CCC)(CCC)C(=O)O. The molecular formula is C13H25NO4. The molecule has 0 unspecified atom stereocenters. The number of carboxylic acid groups (broad SMARTS) is 1. The van der Waals surface area contributed by atoms with Gasteiger partial charge in [-0.05, 0) is 19.3 Å². The molecule has 0 aliphatic heterocycles. The second kappa shape index (κ2) is 8.78. The van der Waals surface area contributed by atoms with Crippen molar-refractivity contribution in [3.8, 4) is 0 Å². The average molecular weight is 259 g/mol. The third-order valence-corrected chi connectivity index (χ3v) is 2.84. The lowest BCUT2D eigenvalue weighted by atomic mass is 9.89. The van der Waals surface area contributed by atoms with Crippen LogP contribution in [0.3, 0.4) is 0 Å². The fourth-order valence-electron chi connectivity index (χ4n) is 1.91. The van der Waals surface area contributed by atoms with Crippen molar-refractivity contribution in [1.29, 1.82) is 0 Å². The summed E-state index contributed by atoms with van der Waals surface area (Å²) in [4.78, 5) is 23.0. The average Bonchev–Trinajstić information content (AvgIpc) is 2.29. The van der Waals surface area contributed by atoms with Gasteiger partial charge in [0.25, 0.3) is 0 Å². The first-order chi connectivity index (χ1) is 8.52. The number of unbranched alkanes of at least 4 members (excludes halogenated alkanes) is 1. The Labute approximate surface area is 109 Å². The first kappa shape index (κ1) is 16.7.